The van der Waals surface area contributed by atoms with Crippen LogP contribution in [0.25, 0.3) is 0 Å². The second kappa shape index (κ2) is 5.68. The quantitative estimate of drug-likeness (QED) is 0.830. The van der Waals surface area contributed by atoms with E-state index >= 15 is 0 Å². The van der Waals surface area contributed by atoms with Crippen LogP contribution in [-0.2, 0) is 10.2 Å². The summed E-state index contributed by atoms with van der Waals surface area (Å²) in [6.45, 7) is 8.83. The minimum absolute atomic E-state index is 0.323. The first-order chi connectivity index (χ1) is 8.82. The van der Waals surface area contributed by atoms with Gasteiger partial charge in [0.15, 0.2) is 0 Å². The van der Waals surface area contributed by atoms with Crippen LogP contribution >= 0.6 is 0 Å². The average molecular weight is 289 g/mol. The summed E-state index contributed by atoms with van der Waals surface area (Å²) in [4.78, 5) is 0. The molecule has 0 bridgehead atoms. The minimum atomic E-state index is -3.29. The largest absolute Gasteiger partial charge is 0.313 e. The molecule has 0 aromatic carbocycles. The Morgan fingerprint density at radius 2 is 1.89 bits per heavy atom. The van der Waals surface area contributed by atoms with Crippen LogP contribution in [0, 0.1) is 0 Å². The van der Waals surface area contributed by atoms with E-state index in [0.29, 0.717) is 25.7 Å². The highest BCUT2D eigenvalue weighted by Gasteiger charge is 2.40. The van der Waals surface area contributed by atoms with Gasteiger partial charge in [0.1, 0.15) is 0 Å². The summed E-state index contributed by atoms with van der Waals surface area (Å²) in [6, 6.07) is 0.323. The Labute approximate surface area is 117 Å². The topological polar surface area (TPSA) is 52.6 Å². The van der Waals surface area contributed by atoms with Crippen LogP contribution in [0.1, 0.15) is 46.5 Å². The van der Waals surface area contributed by atoms with E-state index in [1.54, 1.807) is 8.61 Å². The van der Waals surface area contributed by atoms with Gasteiger partial charge in [0.2, 0.25) is 0 Å². The van der Waals surface area contributed by atoms with Gasteiger partial charge in [-0.15, -0.1) is 0 Å². The highest BCUT2D eigenvalue weighted by Crippen LogP contribution is 2.26. The van der Waals surface area contributed by atoms with Crippen LogP contribution in [0.15, 0.2) is 0 Å². The van der Waals surface area contributed by atoms with Gasteiger partial charge in [0, 0.05) is 31.2 Å². The van der Waals surface area contributed by atoms with Gasteiger partial charge >= 0.3 is 0 Å². The van der Waals surface area contributed by atoms with Crippen LogP contribution in [-0.4, -0.2) is 54.8 Å². The molecule has 1 unspecified atom stereocenters. The Morgan fingerprint density at radius 1 is 1.16 bits per heavy atom. The molecule has 0 aromatic heterocycles. The number of hydrogen-bond donors (Lipinski definition) is 1. The molecule has 0 aromatic rings. The summed E-state index contributed by atoms with van der Waals surface area (Å²) < 4.78 is 28.6. The number of nitrogens with zero attached hydrogens (tertiary/aromatic N) is 2. The van der Waals surface area contributed by atoms with Crippen LogP contribution in [0.4, 0.5) is 0 Å². The summed E-state index contributed by atoms with van der Waals surface area (Å²) in [6.07, 6.45) is 4.41. The number of nitrogens with one attached hydrogen (secondary N) is 1. The van der Waals surface area contributed by atoms with Crippen LogP contribution in [0.2, 0.25) is 0 Å². The molecule has 2 rings (SSSR count). The van der Waals surface area contributed by atoms with Crippen molar-refractivity contribution in [1.29, 1.82) is 0 Å². The zero-order valence-electron chi connectivity index (χ0n) is 12.4. The molecule has 19 heavy (non-hydrogen) atoms. The fourth-order valence-electron chi connectivity index (χ4n) is 2.95. The fourth-order valence-corrected chi connectivity index (χ4v) is 5.01. The Balaban J connectivity index is 2.07. The molecule has 2 heterocycles. The lowest BCUT2D eigenvalue weighted by Crippen LogP contribution is -2.58. The van der Waals surface area contributed by atoms with Crippen molar-refractivity contribution in [2.75, 3.05) is 26.2 Å². The van der Waals surface area contributed by atoms with E-state index in [1.165, 1.54) is 12.8 Å². The molecule has 2 saturated heterocycles. The predicted molar refractivity (Wildman–Crippen MR) is 77.2 cm³/mol. The van der Waals surface area contributed by atoms with E-state index in [0.717, 1.165) is 19.4 Å². The Morgan fingerprint density at radius 3 is 2.47 bits per heavy atom. The molecule has 2 fully saturated rings. The SMILES string of the molecule is CC(C)(C)N1CCCN(CC2CCCCN2)S1(=O)=O. The molecule has 0 saturated carbocycles. The van der Waals surface area contributed by atoms with Crippen LogP contribution in [0.5, 0.6) is 0 Å². The van der Waals surface area contributed by atoms with E-state index in [4.69, 9.17) is 0 Å². The maximum Gasteiger partial charge on any atom is 0.282 e. The predicted octanol–water partition coefficient (Wildman–Crippen LogP) is 1.18. The lowest BCUT2D eigenvalue weighted by molar-refractivity contribution is 0.185. The molecule has 112 valence electrons. The second-order valence-electron chi connectivity index (χ2n) is 6.61. The first-order valence-electron chi connectivity index (χ1n) is 7.33. The highest BCUT2D eigenvalue weighted by molar-refractivity contribution is 7.86. The first-order valence-corrected chi connectivity index (χ1v) is 8.73. The normalized spacial score (nSPS) is 30.4. The lowest BCUT2D eigenvalue weighted by Gasteiger charge is -2.43. The van der Waals surface area contributed by atoms with Crippen molar-refractivity contribution < 1.29 is 8.42 Å². The van der Waals surface area contributed by atoms with Crippen molar-refractivity contribution in [3.8, 4) is 0 Å². The van der Waals surface area contributed by atoms with E-state index < -0.39 is 10.2 Å². The van der Waals surface area contributed by atoms with Crippen molar-refractivity contribution in [2.45, 2.75) is 58.0 Å². The number of hydrogen-bond acceptors (Lipinski definition) is 3. The molecule has 1 N–H and O–H groups in total. The van der Waals surface area contributed by atoms with Gasteiger partial charge in [0.05, 0.1) is 0 Å². The van der Waals surface area contributed by atoms with E-state index in [1.807, 2.05) is 20.8 Å². The Kier molecular flexibility index (Phi) is 4.55. The average Bonchev–Trinajstić information content (AvgIpc) is 2.31. The van der Waals surface area contributed by atoms with Gasteiger partial charge < -0.3 is 5.32 Å². The summed E-state index contributed by atoms with van der Waals surface area (Å²) in [7, 11) is -3.29. The molecule has 2 aliphatic heterocycles. The number of piperidine rings is 1. The van der Waals surface area contributed by atoms with Gasteiger partial charge in [-0.05, 0) is 46.6 Å². The van der Waals surface area contributed by atoms with Gasteiger partial charge in [-0.1, -0.05) is 6.42 Å². The standard InChI is InChI=1S/C13H27N3O2S/c1-13(2,3)16-10-6-9-15(19(16,17)18)11-12-7-4-5-8-14-12/h12,14H,4-11H2,1-3H3. The monoisotopic (exact) mass is 289 g/mol. The van der Waals surface area contributed by atoms with Crippen molar-refractivity contribution in [3.63, 3.8) is 0 Å². The molecule has 5 nitrogen and oxygen atoms in total. The Bertz CT molecular complexity index is 397. The molecule has 0 radical (unpaired) electrons. The van der Waals surface area contributed by atoms with E-state index in [2.05, 4.69) is 5.32 Å². The first kappa shape index (κ1) is 15.2. The van der Waals surface area contributed by atoms with Crippen molar-refractivity contribution in [1.82, 2.24) is 13.9 Å². The van der Waals surface area contributed by atoms with Crippen LogP contribution < -0.4 is 5.32 Å². The second-order valence-corrected chi connectivity index (χ2v) is 8.46. The molecular formula is C13H27N3O2S. The summed E-state index contributed by atoms with van der Waals surface area (Å²) >= 11 is 0. The van der Waals surface area contributed by atoms with Crippen molar-refractivity contribution in [2.24, 2.45) is 0 Å². The summed E-state index contributed by atoms with van der Waals surface area (Å²) in [5.74, 6) is 0. The molecule has 2 aliphatic rings. The fraction of sp³-hybridized carbons (Fsp3) is 1.00. The van der Waals surface area contributed by atoms with Crippen LogP contribution in [0.3, 0.4) is 0 Å². The van der Waals surface area contributed by atoms with Gasteiger partial charge in [-0.3, -0.25) is 0 Å². The lowest BCUT2D eigenvalue weighted by atomic mass is 10.1. The third-order valence-electron chi connectivity index (χ3n) is 3.96. The molecule has 0 spiro atoms. The smallest absolute Gasteiger partial charge is 0.282 e. The molecule has 0 amide bonds. The third-order valence-corrected chi connectivity index (χ3v) is 6.23. The van der Waals surface area contributed by atoms with Gasteiger partial charge in [-0.2, -0.15) is 17.0 Å². The van der Waals surface area contributed by atoms with E-state index in [-0.39, 0.29) is 5.54 Å². The number of rotatable bonds is 2. The highest BCUT2D eigenvalue weighted by atomic mass is 32.2. The molecule has 0 aliphatic carbocycles. The van der Waals surface area contributed by atoms with Crippen molar-refractivity contribution in [3.05, 3.63) is 0 Å². The zero-order valence-corrected chi connectivity index (χ0v) is 13.2. The van der Waals surface area contributed by atoms with E-state index in [9.17, 15) is 8.42 Å². The summed E-state index contributed by atoms with van der Waals surface area (Å²) in [5, 5.41) is 3.43. The van der Waals surface area contributed by atoms with Crippen molar-refractivity contribution >= 4 is 10.2 Å². The minimum Gasteiger partial charge on any atom is -0.313 e. The maximum absolute atomic E-state index is 12.7. The molecular weight excluding hydrogens is 262 g/mol. The maximum atomic E-state index is 12.7. The van der Waals surface area contributed by atoms with Gasteiger partial charge in [0.25, 0.3) is 10.2 Å². The third kappa shape index (κ3) is 3.48. The molecule has 1 atom stereocenters. The summed E-state index contributed by atoms with van der Waals surface area (Å²) in [5.41, 5.74) is -0.336. The van der Waals surface area contributed by atoms with Gasteiger partial charge in [-0.25, -0.2) is 0 Å². The Hall–Kier alpha value is -0.170. The molecule has 6 heteroatoms. The zero-order chi connectivity index (χ0) is 14.1.